The standard InChI is InChI=1S/C17H13FN2O3S/c1-24(22,23)16-8-6-15(7-9-16)20-10-13(11-21)17(19-20)12-2-4-14(18)5-3-12/h2-11H,1H3. The second-order valence-corrected chi connectivity index (χ2v) is 7.28. The highest BCUT2D eigenvalue weighted by Gasteiger charge is 2.13. The molecule has 0 aliphatic carbocycles. The Balaban J connectivity index is 2.04. The zero-order chi connectivity index (χ0) is 17.3. The molecule has 24 heavy (non-hydrogen) atoms. The molecule has 0 atom stereocenters. The van der Waals surface area contributed by atoms with Gasteiger partial charge in [0.15, 0.2) is 16.1 Å². The van der Waals surface area contributed by atoms with Gasteiger partial charge in [0.2, 0.25) is 0 Å². The number of hydrogen-bond acceptors (Lipinski definition) is 4. The number of aromatic nitrogens is 2. The molecular formula is C17H13FN2O3S. The molecule has 0 saturated heterocycles. The second-order valence-electron chi connectivity index (χ2n) is 5.27. The van der Waals surface area contributed by atoms with Gasteiger partial charge < -0.3 is 0 Å². The van der Waals surface area contributed by atoms with Crippen molar-refractivity contribution in [3.05, 3.63) is 66.1 Å². The Morgan fingerprint density at radius 2 is 1.67 bits per heavy atom. The first-order valence-corrected chi connectivity index (χ1v) is 8.89. The minimum absolute atomic E-state index is 0.202. The molecular weight excluding hydrogens is 331 g/mol. The van der Waals surface area contributed by atoms with Gasteiger partial charge in [0.05, 0.1) is 16.1 Å². The summed E-state index contributed by atoms with van der Waals surface area (Å²) in [6.45, 7) is 0. The molecule has 0 radical (unpaired) electrons. The highest BCUT2D eigenvalue weighted by atomic mass is 32.2. The van der Waals surface area contributed by atoms with Crippen LogP contribution in [0.4, 0.5) is 4.39 Å². The first-order chi connectivity index (χ1) is 11.4. The number of halogens is 1. The summed E-state index contributed by atoms with van der Waals surface area (Å²) < 4.78 is 37.5. The van der Waals surface area contributed by atoms with Crippen molar-refractivity contribution in [2.45, 2.75) is 4.90 Å². The first kappa shape index (κ1) is 16.1. The Bertz CT molecular complexity index is 991. The molecule has 1 heterocycles. The molecule has 0 fully saturated rings. The van der Waals surface area contributed by atoms with Gasteiger partial charge in [0, 0.05) is 18.0 Å². The average molecular weight is 344 g/mol. The lowest BCUT2D eigenvalue weighted by Gasteiger charge is -2.03. The third-order valence-electron chi connectivity index (χ3n) is 3.52. The van der Waals surface area contributed by atoms with E-state index in [2.05, 4.69) is 5.10 Å². The third-order valence-corrected chi connectivity index (χ3v) is 4.65. The lowest BCUT2D eigenvalue weighted by Crippen LogP contribution is -1.99. The SMILES string of the molecule is CS(=O)(=O)c1ccc(-n2cc(C=O)c(-c3ccc(F)cc3)n2)cc1. The van der Waals surface area contributed by atoms with Gasteiger partial charge in [0.25, 0.3) is 0 Å². The zero-order valence-corrected chi connectivity index (χ0v) is 13.5. The van der Waals surface area contributed by atoms with Gasteiger partial charge in [0.1, 0.15) is 11.5 Å². The van der Waals surface area contributed by atoms with Crippen molar-refractivity contribution in [2.75, 3.05) is 6.26 Å². The van der Waals surface area contributed by atoms with Crippen LogP contribution in [0.3, 0.4) is 0 Å². The fourth-order valence-electron chi connectivity index (χ4n) is 2.28. The van der Waals surface area contributed by atoms with Gasteiger partial charge in [-0.05, 0) is 48.5 Å². The van der Waals surface area contributed by atoms with Crippen LogP contribution in [0.5, 0.6) is 0 Å². The fourth-order valence-corrected chi connectivity index (χ4v) is 2.91. The Morgan fingerprint density at radius 1 is 1.04 bits per heavy atom. The van der Waals surface area contributed by atoms with Crippen LogP contribution in [0.2, 0.25) is 0 Å². The van der Waals surface area contributed by atoms with Crippen LogP contribution in [-0.2, 0) is 9.84 Å². The van der Waals surface area contributed by atoms with E-state index in [0.717, 1.165) is 6.26 Å². The summed E-state index contributed by atoms with van der Waals surface area (Å²) in [4.78, 5) is 11.5. The summed E-state index contributed by atoms with van der Waals surface area (Å²) in [6.07, 6.45) is 3.35. The van der Waals surface area contributed by atoms with Gasteiger partial charge in [-0.15, -0.1) is 0 Å². The van der Waals surface area contributed by atoms with Crippen molar-refractivity contribution >= 4 is 16.1 Å². The number of rotatable bonds is 4. The molecule has 0 bridgehead atoms. The van der Waals surface area contributed by atoms with E-state index in [1.54, 1.807) is 30.5 Å². The van der Waals surface area contributed by atoms with Crippen LogP contribution in [0.15, 0.2) is 59.6 Å². The van der Waals surface area contributed by atoms with Crippen molar-refractivity contribution in [2.24, 2.45) is 0 Å². The molecule has 2 aromatic carbocycles. The van der Waals surface area contributed by atoms with E-state index < -0.39 is 9.84 Å². The maximum absolute atomic E-state index is 13.0. The Hall–Kier alpha value is -2.80. The second kappa shape index (κ2) is 6.01. The normalized spacial score (nSPS) is 11.4. The summed E-state index contributed by atoms with van der Waals surface area (Å²) in [5, 5.41) is 4.36. The molecule has 0 saturated carbocycles. The molecule has 0 aliphatic rings. The molecule has 7 heteroatoms. The van der Waals surface area contributed by atoms with E-state index in [1.165, 1.54) is 28.9 Å². The molecule has 0 aliphatic heterocycles. The fraction of sp³-hybridized carbons (Fsp3) is 0.0588. The number of aldehydes is 1. The summed E-state index contributed by atoms with van der Waals surface area (Å²) in [6, 6.07) is 11.8. The molecule has 3 rings (SSSR count). The maximum Gasteiger partial charge on any atom is 0.175 e. The topological polar surface area (TPSA) is 69.0 Å². The molecule has 0 spiro atoms. The quantitative estimate of drug-likeness (QED) is 0.683. The van der Waals surface area contributed by atoms with Crippen LogP contribution in [0.25, 0.3) is 16.9 Å². The predicted molar refractivity (Wildman–Crippen MR) is 87.5 cm³/mol. The van der Waals surface area contributed by atoms with Crippen molar-refractivity contribution in [1.82, 2.24) is 9.78 Å². The van der Waals surface area contributed by atoms with Crippen LogP contribution in [-0.4, -0.2) is 30.7 Å². The Labute approximate surface area is 138 Å². The minimum atomic E-state index is -3.28. The molecule has 0 N–H and O–H groups in total. The van der Waals surface area contributed by atoms with E-state index in [4.69, 9.17) is 0 Å². The van der Waals surface area contributed by atoms with Crippen LogP contribution in [0, 0.1) is 5.82 Å². The first-order valence-electron chi connectivity index (χ1n) is 7.00. The van der Waals surface area contributed by atoms with E-state index in [-0.39, 0.29) is 10.7 Å². The van der Waals surface area contributed by atoms with E-state index in [0.29, 0.717) is 28.8 Å². The van der Waals surface area contributed by atoms with Crippen molar-refractivity contribution < 1.29 is 17.6 Å². The number of hydrogen-bond donors (Lipinski definition) is 0. The molecule has 3 aromatic rings. The summed E-state index contributed by atoms with van der Waals surface area (Å²) in [5.41, 5.74) is 2.01. The van der Waals surface area contributed by atoms with E-state index in [9.17, 15) is 17.6 Å². The van der Waals surface area contributed by atoms with Gasteiger partial charge >= 0.3 is 0 Å². The Kier molecular flexibility index (Phi) is 4.02. The van der Waals surface area contributed by atoms with Crippen LogP contribution >= 0.6 is 0 Å². The number of carbonyl (C=O) groups excluding carboxylic acids is 1. The smallest absolute Gasteiger partial charge is 0.175 e. The van der Waals surface area contributed by atoms with Crippen LogP contribution < -0.4 is 0 Å². The van der Waals surface area contributed by atoms with Gasteiger partial charge in [-0.3, -0.25) is 4.79 Å². The highest BCUT2D eigenvalue weighted by Crippen LogP contribution is 2.23. The zero-order valence-electron chi connectivity index (χ0n) is 12.7. The molecule has 1 aromatic heterocycles. The number of carbonyl (C=O) groups is 1. The average Bonchev–Trinajstić information content (AvgIpc) is 2.99. The number of benzene rings is 2. The predicted octanol–water partition coefficient (Wildman–Crippen LogP) is 2.89. The summed E-state index contributed by atoms with van der Waals surface area (Å²) in [7, 11) is -3.28. The highest BCUT2D eigenvalue weighted by molar-refractivity contribution is 7.90. The van der Waals surface area contributed by atoms with Crippen LogP contribution in [0.1, 0.15) is 10.4 Å². The van der Waals surface area contributed by atoms with E-state index >= 15 is 0 Å². The van der Waals surface area contributed by atoms with Gasteiger partial charge in [-0.2, -0.15) is 5.10 Å². The van der Waals surface area contributed by atoms with E-state index in [1.807, 2.05) is 0 Å². The number of sulfone groups is 1. The van der Waals surface area contributed by atoms with Crippen molar-refractivity contribution in [3.63, 3.8) is 0 Å². The van der Waals surface area contributed by atoms with Crippen molar-refractivity contribution in [1.29, 1.82) is 0 Å². The monoisotopic (exact) mass is 344 g/mol. The minimum Gasteiger partial charge on any atom is -0.298 e. The third kappa shape index (κ3) is 3.11. The maximum atomic E-state index is 13.0. The molecule has 5 nitrogen and oxygen atoms in total. The molecule has 0 unspecified atom stereocenters. The lowest BCUT2D eigenvalue weighted by molar-refractivity contribution is 0.112. The lowest BCUT2D eigenvalue weighted by atomic mass is 10.1. The summed E-state index contributed by atoms with van der Waals surface area (Å²) >= 11 is 0. The number of nitrogens with zero attached hydrogens (tertiary/aromatic N) is 2. The molecule has 0 amide bonds. The Morgan fingerprint density at radius 3 is 2.21 bits per heavy atom. The largest absolute Gasteiger partial charge is 0.298 e. The van der Waals surface area contributed by atoms with Gasteiger partial charge in [-0.25, -0.2) is 17.5 Å². The molecule has 122 valence electrons. The van der Waals surface area contributed by atoms with Crippen molar-refractivity contribution in [3.8, 4) is 16.9 Å². The summed E-state index contributed by atoms with van der Waals surface area (Å²) in [5.74, 6) is -0.373. The van der Waals surface area contributed by atoms with Gasteiger partial charge in [-0.1, -0.05) is 0 Å².